The van der Waals surface area contributed by atoms with Crippen LogP contribution in [-0.2, 0) is 17.8 Å². The van der Waals surface area contributed by atoms with Gasteiger partial charge in [0.1, 0.15) is 10.4 Å². The highest BCUT2D eigenvalue weighted by Crippen LogP contribution is 2.24. The summed E-state index contributed by atoms with van der Waals surface area (Å²) in [7, 11) is 1.61. The van der Waals surface area contributed by atoms with E-state index in [1.54, 1.807) is 11.7 Å². The van der Waals surface area contributed by atoms with Crippen LogP contribution in [0.2, 0.25) is 0 Å². The molecule has 2 heterocycles. The molecular formula is C25H25N3O3S2. The van der Waals surface area contributed by atoms with E-state index >= 15 is 0 Å². The fourth-order valence-electron chi connectivity index (χ4n) is 3.52. The number of hydrogen-bond acceptors (Lipinski definition) is 6. The van der Waals surface area contributed by atoms with Gasteiger partial charge >= 0.3 is 0 Å². The molecule has 33 heavy (non-hydrogen) atoms. The molecule has 1 N–H and O–H groups in total. The molecule has 0 aliphatic rings. The Kier molecular flexibility index (Phi) is 7.80. The van der Waals surface area contributed by atoms with Gasteiger partial charge < -0.3 is 10.1 Å². The van der Waals surface area contributed by atoms with E-state index in [9.17, 15) is 9.59 Å². The third-order valence-electron chi connectivity index (χ3n) is 5.19. The lowest BCUT2D eigenvalue weighted by Crippen LogP contribution is -2.28. The zero-order chi connectivity index (χ0) is 23.0. The molecule has 0 unspecified atom stereocenters. The Balaban J connectivity index is 1.43. The molecule has 6 nitrogen and oxygen atoms in total. The van der Waals surface area contributed by atoms with Gasteiger partial charge in [0, 0.05) is 12.1 Å². The maximum Gasteiger partial charge on any atom is 0.272 e. The van der Waals surface area contributed by atoms with Crippen LogP contribution in [0.15, 0.2) is 76.0 Å². The Morgan fingerprint density at radius 2 is 1.91 bits per heavy atom. The third kappa shape index (κ3) is 5.83. The van der Waals surface area contributed by atoms with Gasteiger partial charge in [-0.25, -0.2) is 4.98 Å². The monoisotopic (exact) mass is 479 g/mol. The summed E-state index contributed by atoms with van der Waals surface area (Å²) in [5.74, 6) is 0.832. The number of amides is 1. The van der Waals surface area contributed by atoms with Crippen molar-refractivity contribution < 1.29 is 9.53 Å². The van der Waals surface area contributed by atoms with Crippen LogP contribution in [0.1, 0.15) is 17.5 Å². The molecular weight excluding hydrogens is 454 g/mol. The van der Waals surface area contributed by atoms with Crippen LogP contribution in [-0.4, -0.2) is 34.9 Å². The van der Waals surface area contributed by atoms with Gasteiger partial charge in [0.05, 0.1) is 24.9 Å². The summed E-state index contributed by atoms with van der Waals surface area (Å²) >= 11 is 2.66. The Bertz CT molecular complexity index is 1290. The number of thiophene rings is 1. The number of carbonyl (C=O) groups is 1. The van der Waals surface area contributed by atoms with E-state index in [1.807, 2.05) is 53.9 Å². The first-order valence-corrected chi connectivity index (χ1v) is 12.6. The second-order valence-electron chi connectivity index (χ2n) is 7.46. The standard InChI is InChI=1S/C25H25N3O3S2/c1-31-21-12-6-5-11-19(21)16-28-24(30)23-20(13-15-32-23)27-25(28)33-17-22(29)26-14-7-10-18-8-3-2-4-9-18/h2-6,8-9,11-13,15H,7,10,14,16-17H2,1H3,(H,26,29). The van der Waals surface area contributed by atoms with Gasteiger partial charge in [0.2, 0.25) is 5.91 Å². The second kappa shape index (κ2) is 11.2. The van der Waals surface area contributed by atoms with Gasteiger partial charge in [-0.2, -0.15) is 0 Å². The van der Waals surface area contributed by atoms with Crippen molar-refractivity contribution >= 4 is 39.2 Å². The molecule has 4 rings (SSSR count). The maximum absolute atomic E-state index is 13.2. The van der Waals surface area contributed by atoms with Gasteiger partial charge in [0.25, 0.3) is 5.56 Å². The molecule has 170 valence electrons. The molecule has 0 bridgehead atoms. The largest absolute Gasteiger partial charge is 0.496 e. The summed E-state index contributed by atoms with van der Waals surface area (Å²) < 4.78 is 7.69. The van der Waals surface area contributed by atoms with Gasteiger partial charge in [-0.15, -0.1) is 11.3 Å². The minimum Gasteiger partial charge on any atom is -0.496 e. The van der Waals surface area contributed by atoms with E-state index in [2.05, 4.69) is 22.4 Å². The zero-order valence-corrected chi connectivity index (χ0v) is 20.0. The number of rotatable bonds is 10. The first kappa shape index (κ1) is 23.1. The van der Waals surface area contributed by atoms with Gasteiger partial charge in [-0.3, -0.25) is 14.2 Å². The molecule has 4 aromatic rings. The molecule has 8 heteroatoms. The van der Waals surface area contributed by atoms with Crippen molar-refractivity contribution in [2.24, 2.45) is 0 Å². The van der Waals surface area contributed by atoms with Crippen molar-refractivity contribution in [1.29, 1.82) is 0 Å². The smallest absolute Gasteiger partial charge is 0.272 e. The summed E-state index contributed by atoms with van der Waals surface area (Å²) in [6.45, 7) is 0.935. The van der Waals surface area contributed by atoms with Crippen molar-refractivity contribution in [3.8, 4) is 5.75 Å². The number of nitrogens with one attached hydrogen (secondary N) is 1. The predicted molar refractivity (Wildman–Crippen MR) is 134 cm³/mol. The van der Waals surface area contributed by atoms with Crippen molar-refractivity contribution in [2.45, 2.75) is 24.5 Å². The molecule has 2 aromatic carbocycles. The average Bonchev–Trinajstić information content (AvgIpc) is 3.32. The Hall–Kier alpha value is -3.10. The summed E-state index contributed by atoms with van der Waals surface area (Å²) in [5, 5.41) is 5.35. The quantitative estimate of drug-likeness (QED) is 0.208. The molecule has 0 aliphatic heterocycles. The van der Waals surface area contributed by atoms with Gasteiger partial charge in [0.15, 0.2) is 5.16 Å². The van der Waals surface area contributed by atoms with Crippen LogP contribution in [0.4, 0.5) is 0 Å². The molecule has 1 amide bonds. The van der Waals surface area contributed by atoms with E-state index in [0.717, 1.165) is 18.4 Å². The highest BCUT2D eigenvalue weighted by Gasteiger charge is 2.16. The number of ether oxygens (including phenoxy) is 1. The lowest BCUT2D eigenvalue weighted by atomic mass is 10.1. The van der Waals surface area contributed by atoms with Crippen LogP contribution in [0.5, 0.6) is 5.75 Å². The molecule has 0 atom stereocenters. The Labute approximate surface area is 200 Å². The second-order valence-corrected chi connectivity index (χ2v) is 9.32. The highest BCUT2D eigenvalue weighted by atomic mass is 32.2. The number of nitrogens with zero attached hydrogens (tertiary/aromatic N) is 2. The van der Waals surface area contributed by atoms with Crippen LogP contribution >= 0.6 is 23.1 Å². The van der Waals surface area contributed by atoms with E-state index in [1.165, 1.54) is 28.7 Å². The molecule has 0 fully saturated rings. The molecule has 0 spiro atoms. The van der Waals surface area contributed by atoms with E-state index in [0.29, 0.717) is 34.2 Å². The van der Waals surface area contributed by atoms with Crippen molar-refractivity contribution in [1.82, 2.24) is 14.9 Å². The number of carbonyl (C=O) groups excluding carboxylic acids is 1. The first-order chi connectivity index (χ1) is 16.2. The number of fused-ring (bicyclic) bond motifs is 1. The summed E-state index contributed by atoms with van der Waals surface area (Å²) in [6, 6.07) is 19.7. The number of methoxy groups -OCH3 is 1. The van der Waals surface area contributed by atoms with Crippen LogP contribution in [0.25, 0.3) is 10.2 Å². The molecule has 0 saturated heterocycles. The van der Waals surface area contributed by atoms with Crippen LogP contribution in [0.3, 0.4) is 0 Å². The zero-order valence-electron chi connectivity index (χ0n) is 18.3. The lowest BCUT2D eigenvalue weighted by molar-refractivity contribution is -0.118. The van der Waals surface area contributed by atoms with Gasteiger partial charge in [-0.05, 0) is 35.9 Å². The number of hydrogen-bond donors (Lipinski definition) is 1. The number of benzene rings is 2. The van der Waals surface area contributed by atoms with Crippen molar-refractivity contribution in [3.05, 3.63) is 87.5 Å². The fourth-order valence-corrected chi connectivity index (χ4v) is 5.13. The minimum atomic E-state index is -0.105. The molecule has 0 aliphatic carbocycles. The van der Waals surface area contributed by atoms with E-state index < -0.39 is 0 Å². The molecule has 2 aromatic heterocycles. The fraction of sp³-hybridized carbons (Fsp3) is 0.240. The molecule has 0 radical (unpaired) electrons. The van der Waals surface area contributed by atoms with Crippen molar-refractivity contribution in [2.75, 3.05) is 19.4 Å². The number of thioether (sulfide) groups is 1. The summed E-state index contributed by atoms with van der Waals surface area (Å²) in [6.07, 6.45) is 1.79. The number of aryl methyl sites for hydroxylation is 1. The summed E-state index contributed by atoms with van der Waals surface area (Å²) in [5.41, 5.74) is 2.69. The molecule has 0 saturated carbocycles. The highest BCUT2D eigenvalue weighted by molar-refractivity contribution is 7.99. The van der Waals surface area contributed by atoms with Gasteiger partial charge in [-0.1, -0.05) is 60.3 Å². The van der Waals surface area contributed by atoms with Crippen molar-refractivity contribution in [3.63, 3.8) is 0 Å². The first-order valence-electron chi connectivity index (χ1n) is 10.7. The van der Waals surface area contributed by atoms with E-state index in [4.69, 9.17) is 4.74 Å². The van der Waals surface area contributed by atoms with E-state index in [-0.39, 0.29) is 17.2 Å². The van der Waals surface area contributed by atoms with Crippen LogP contribution < -0.4 is 15.6 Å². The third-order valence-corrected chi connectivity index (χ3v) is 7.06. The number of para-hydroxylation sites is 1. The lowest BCUT2D eigenvalue weighted by Gasteiger charge is -2.14. The summed E-state index contributed by atoms with van der Waals surface area (Å²) in [4.78, 5) is 30.3. The Morgan fingerprint density at radius 3 is 2.73 bits per heavy atom. The minimum absolute atomic E-state index is 0.0726. The average molecular weight is 480 g/mol. The van der Waals surface area contributed by atoms with Crippen LogP contribution in [0, 0.1) is 0 Å². The Morgan fingerprint density at radius 1 is 1.12 bits per heavy atom. The SMILES string of the molecule is COc1ccccc1Cn1c(SCC(=O)NCCCc2ccccc2)nc2ccsc2c1=O. The normalized spacial score (nSPS) is 10.9. The maximum atomic E-state index is 13.2. The topological polar surface area (TPSA) is 73.2 Å². The predicted octanol–water partition coefficient (Wildman–Crippen LogP) is 4.36. The number of aromatic nitrogens is 2.